The van der Waals surface area contributed by atoms with Crippen LogP contribution in [-0.4, -0.2) is 118 Å². The van der Waals surface area contributed by atoms with E-state index in [4.69, 9.17) is 19.9 Å². The van der Waals surface area contributed by atoms with Crippen LogP contribution in [0.1, 0.15) is 99.5 Å². The van der Waals surface area contributed by atoms with Crippen molar-refractivity contribution in [3.8, 4) is 5.75 Å². The van der Waals surface area contributed by atoms with Gasteiger partial charge < -0.3 is 50.8 Å². The third kappa shape index (κ3) is 22.4. The second-order valence-electron chi connectivity index (χ2n) is 20.0. The van der Waals surface area contributed by atoms with Gasteiger partial charge in [0.1, 0.15) is 0 Å². The van der Waals surface area contributed by atoms with Gasteiger partial charge in [0.2, 0.25) is 52.6 Å². The summed E-state index contributed by atoms with van der Waals surface area (Å²) in [5.41, 5.74) is 8.22. The second-order valence-corrected chi connectivity index (χ2v) is 20.0. The molecule has 18 nitrogen and oxygen atoms in total. The van der Waals surface area contributed by atoms with Gasteiger partial charge in [-0.1, -0.05) is 57.0 Å². The molecule has 0 radical (unpaired) electrons. The van der Waals surface area contributed by atoms with E-state index in [1.54, 1.807) is 32.1 Å². The number of benzene rings is 3. The lowest BCUT2D eigenvalue weighted by atomic mass is 9.89. The number of rotatable bonds is 34. The molecule has 0 saturated carbocycles. The van der Waals surface area contributed by atoms with Gasteiger partial charge in [-0.25, -0.2) is 22.5 Å². The SMILES string of the molecule is CC(C)[C@H](NC(=O)CCOCCOCCOCCC(=O)Oc1c(F)c(F)c(F)c(F)c1F)C(=O)C[C@@H](CCCNC(N)=O)C(=O)Nc1ccc(C[n+]2cccc(/C=C/C(=O)NCCCCC3CCN(C(=O)c4ccccc4)CC3)c2)cc1. The van der Waals surface area contributed by atoms with Gasteiger partial charge in [0.15, 0.2) is 24.7 Å². The fraction of sp³-hybridized carbons (Fsp3) is 0.458. The van der Waals surface area contributed by atoms with Crippen LogP contribution in [0.3, 0.4) is 0 Å². The van der Waals surface area contributed by atoms with E-state index in [9.17, 15) is 55.5 Å². The highest BCUT2D eigenvalue weighted by molar-refractivity contribution is 5.97. The van der Waals surface area contributed by atoms with E-state index in [2.05, 4.69) is 26.0 Å². The molecular weight excluding hydrogens is 1080 g/mol. The quantitative estimate of drug-likeness (QED) is 0.00462. The summed E-state index contributed by atoms with van der Waals surface area (Å²) in [4.78, 5) is 90.9. The molecular formula is C59H73F5N7O11+. The van der Waals surface area contributed by atoms with Crippen LogP contribution in [-0.2, 0) is 44.7 Å². The van der Waals surface area contributed by atoms with Gasteiger partial charge in [0, 0.05) is 79.5 Å². The van der Waals surface area contributed by atoms with Crippen LogP contribution in [0.5, 0.6) is 5.75 Å². The predicted molar refractivity (Wildman–Crippen MR) is 292 cm³/mol. The van der Waals surface area contributed by atoms with Crippen molar-refractivity contribution in [3.63, 3.8) is 0 Å². The van der Waals surface area contributed by atoms with Crippen LogP contribution in [0.4, 0.5) is 32.4 Å². The lowest BCUT2D eigenvalue weighted by Gasteiger charge is -2.32. The molecule has 3 aromatic carbocycles. The molecule has 82 heavy (non-hydrogen) atoms. The van der Waals surface area contributed by atoms with Gasteiger partial charge in [0.05, 0.1) is 52.1 Å². The summed E-state index contributed by atoms with van der Waals surface area (Å²) < 4.78 is 89.6. The molecule has 0 unspecified atom stereocenters. The number of hydrogen-bond acceptors (Lipinski definition) is 11. The topological polar surface area (TPSA) is 238 Å². The minimum Gasteiger partial charge on any atom is -0.420 e. The fourth-order valence-electron chi connectivity index (χ4n) is 8.90. The Morgan fingerprint density at radius 3 is 2.00 bits per heavy atom. The number of halogens is 5. The number of piperidine rings is 1. The van der Waals surface area contributed by atoms with Gasteiger partial charge in [-0.2, -0.15) is 8.78 Å². The third-order valence-electron chi connectivity index (χ3n) is 13.4. The molecule has 6 amide bonds. The van der Waals surface area contributed by atoms with Crippen LogP contribution in [0.25, 0.3) is 6.08 Å². The summed E-state index contributed by atoms with van der Waals surface area (Å²) in [5, 5.41) is 11.1. The van der Waals surface area contributed by atoms with Crippen LogP contribution in [0, 0.1) is 46.8 Å². The zero-order valence-corrected chi connectivity index (χ0v) is 46.2. The zero-order chi connectivity index (χ0) is 59.4. The Morgan fingerprint density at radius 1 is 0.732 bits per heavy atom. The van der Waals surface area contributed by atoms with Crippen LogP contribution < -0.4 is 36.3 Å². The molecule has 0 spiro atoms. The van der Waals surface area contributed by atoms with E-state index < -0.39 is 77.0 Å². The maximum absolute atomic E-state index is 13.8. The average Bonchev–Trinajstić information content (AvgIpc) is 3.50. The maximum atomic E-state index is 13.8. The Hall–Kier alpha value is -7.63. The molecule has 1 aromatic heterocycles. The number of amides is 6. The number of nitrogens with zero attached hydrogens (tertiary/aromatic N) is 2. The van der Waals surface area contributed by atoms with Crippen molar-refractivity contribution in [2.45, 2.75) is 90.6 Å². The molecule has 0 bridgehead atoms. The highest BCUT2D eigenvalue weighted by Gasteiger charge is 2.31. The van der Waals surface area contributed by atoms with Crippen molar-refractivity contribution < 1.29 is 79.0 Å². The number of unbranched alkanes of at least 4 members (excludes halogenated alkanes) is 1. The molecule has 0 aliphatic carbocycles. The summed E-state index contributed by atoms with van der Waals surface area (Å²) >= 11 is 0. The van der Waals surface area contributed by atoms with Crippen LogP contribution >= 0.6 is 0 Å². The first kappa shape index (κ1) is 65.2. The van der Waals surface area contributed by atoms with Crippen molar-refractivity contribution in [1.82, 2.24) is 20.9 Å². The number of hydrogen-bond donors (Lipinski definition) is 5. The molecule has 6 N–H and O–H groups in total. The summed E-state index contributed by atoms with van der Waals surface area (Å²) in [6.45, 7) is 6.17. The van der Waals surface area contributed by atoms with E-state index in [1.165, 1.54) is 6.08 Å². The Kier molecular flexibility index (Phi) is 27.5. The van der Waals surface area contributed by atoms with Gasteiger partial charge in [-0.3, -0.25) is 28.8 Å². The Morgan fingerprint density at radius 2 is 1.35 bits per heavy atom. The molecule has 2 atom stereocenters. The number of esters is 1. The smallest absolute Gasteiger partial charge is 0.313 e. The van der Waals surface area contributed by atoms with E-state index in [0.717, 1.165) is 61.9 Å². The number of nitrogens with two attached hydrogens (primary N) is 1. The molecule has 1 aliphatic heterocycles. The zero-order valence-electron chi connectivity index (χ0n) is 46.2. The molecule has 1 saturated heterocycles. The van der Waals surface area contributed by atoms with E-state index in [1.807, 2.05) is 76.5 Å². The Labute approximate surface area is 473 Å². The van der Waals surface area contributed by atoms with Crippen molar-refractivity contribution in [3.05, 3.63) is 131 Å². The van der Waals surface area contributed by atoms with Gasteiger partial charge in [0.25, 0.3) is 5.91 Å². The van der Waals surface area contributed by atoms with Crippen molar-refractivity contribution >= 4 is 53.2 Å². The number of nitrogens with one attached hydrogen (secondary N) is 4. The largest absolute Gasteiger partial charge is 0.420 e. The number of pyridine rings is 1. The number of Topliss-reactive ketones (excluding diaryl/α,β-unsaturated/α-hetero) is 1. The monoisotopic (exact) mass is 1150 g/mol. The van der Waals surface area contributed by atoms with Crippen molar-refractivity contribution in [1.29, 1.82) is 0 Å². The minimum atomic E-state index is -2.39. The van der Waals surface area contributed by atoms with Crippen LogP contribution in [0.15, 0.2) is 85.2 Å². The average molecular weight is 1150 g/mol. The molecule has 2 heterocycles. The van der Waals surface area contributed by atoms with Crippen LogP contribution in [0.2, 0.25) is 0 Å². The lowest BCUT2D eigenvalue weighted by molar-refractivity contribution is -0.688. The van der Waals surface area contributed by atoms with E-state index in [0.29, 0.717) is 31.1 Å². The summed E-state index contributed by atoms with van der Waals surface area (Å²) in [6.07, 6.45) is 11.7. The Balaban J connectivity index is 0.975. The first-order valence-electron chi connectivity index (χ1n) is 27.4. The minimum absolute atomic E-state index is 0.0131. The highest BCUT2D eigenvalue weighted by atomic mass is 19.2. The molecule has 1 fully saturated rings. The highest BCUT2D eigenvalue weighted by Crippen LogP contribution is 2.30. The maximum Gasteiger partial charge on any atom is 0.313 e. The summed E-state index contributed by atoms with van der Waals surface area (Å²) in [7, 11) is 0. The second kappa shape index (κ2) is 34.6. The van der Waals surface area contributed by atoms with Gasteiger partial charge in [-0.15, -0.1) is 0 Å². The number of aromatic nitrogens is 1. The van der Waals surface area contributed by atoms with Gasteiger partial charge >= 0.3 is 12.0 Å². The number of ketones is 1. The molecule has 1 aliphatic rings. The number of ether oxygens (including phenoxy) is 4. The Bertz CT molecular complexity index is 2750. The molecule has 4 aromatic rings. The third-order valence-corrected chi connectivity index (χ3v) is 13.4. The number of primary amides is 1. The van der Waals surface area contributed by atoms with Crippen molar-refractivity contribution in [2.24, 2.45) is 23.5 Å². The van der Waals surface area contributed by atoms with E-state index >= 15 is 0 Å². The fourth-order valence-corrected chi connectivity index (χ4v) is 8.90. The number of carbonyl (C=O) groups excluding carboxylic acids is 7. The number of anilines is 1. The molecule has 5 rings (SSSR count). The lowest BCUT2D eigenvalue weighted by Crippen LogP contribution is -2.45. The summed E-state index contributed by atoms with van der Waals surface area (Å²) in [5.74, 6) is -16.4. The number of urea groups is 1. The molecule has 444 valence electrons. The molecule has 23 heteroatoms. The first-order chi connectivity index (χ1) is 39.4. The standard InChI is InChI=1S/C59H72F5N7O11/c1-39(2)55(69-48(74)23-30-79-32-34-81-35-33-80-31-24-49(75)82-56-53(63)51(61)50(60)52(62)54(56)64)46(72)36-44(14-8-26-67-59(65)78)57(76)68-45-18-15-42(16-19-45)38-70-27-9-11-41(37-70)17-20-47(73)66-25-7-6-10-40-21-28-71(29-22-40)58(77)43-12-4-3-5-13-43/h3-5,9,11-13,15-20,27,37,39-40,44,55H,6-8,10,14,21-26,28-36,38H2,1-2H3,(H5-,65,66,67,68,69,73,74,76,78)/p+1/b20-17+/t44-,55+/m1/s1. The summed E-state index contributed by atoms with van der Waals surface area (Å²) in [6, 6.07) is 18.8. The normalized spacial score (nSPS) is 13.4. The first-order valence-corrected chi connectivity index (χ1v) is 27.4. The number of likely N-dealkylation sites (tertiary alicyclic amines) is 1. The van der Waals surface area contributed by atoms with Crippen molar-refractivity contribution in [2.75, 3.05) is 71.1 Å². The number of carbonyl (C=O) groups is 7. The predicted octanol–water partition coefficient (Wildman–Crippen LogP) is 7.11. The van der Waals surface area contributed by atoms with Gasteiger partial charge in [-0.05, 0) is 80.3 Å². The van der Waals surface area contributed by atoms with E-state index in [-0.39, 0.29) is 89.0 Å².